The van der Waals surface area contributed by atoms with Crippen LogP contribution in [0, 0.1) is 0 Å². The van der Waals surface area contributed by atoms with Gasteiger partial charge in [-0.15, -0.1) is 0 Å². The van der Waals surface area contributed by atoms with Crippen molar-refractivity contribution in [3.63, 3.8) is 0 Å². The molecular weight excluding hydrogens is 448 g/mol. The Labute approximate surface area is 201 Å². The van der Waals surface area contributed by atoms with Gasteiger partial charge in [0.05, 0.1) is 12.2 Å². The smallest absolute Gasteiger partial charge is 0.224 e. The lowest BCUT2D eigenvalue weighted by atomic mass is 10.0. The number of hydrogen-bond acceptors (Lipinski definition) is 5. The minimum Gasteiger partial charge on any atom is -0.356 e. The summed E-state index contributed by atoms with van der Waals surface area (Å²) in [5.41, 5.74) is 3.17. The normalized spacial score (nSPS) is 14.6. The van der Waals surface area contributed by atoms with Gasteiger partial charge in [-0.25, -0.2) is 13.4 Å². The topological polar surface area (TPSA) is 82.6 Å². The summed E-state index contributed by atoms with van der Waals surface area (Å²) in [5, 5.41) is 2.84. The van der Waals surface area contributed by atoms with Gasteiger partial charge in [0.1, 0.15) is 5.82 Å². The third-order valence-electron chi connectivity index (χ3n) is 5.93. The van der Waals surface area contributed by atoms with Crippen LogP contribution in [0.4, 0.5) is 5.82 Å². The van der Waals surface area contributed by atoms with Gasteiger partial charge >= 0.3 is 0 Å². The van der Waals surface area contributed by atoms with Crippen molar-refractivity contribution in [2.24, 2.45) is 0 Å². The summed E-state index contributed by atoms with van der Waals surface area (Å²) in [6.07, 6.45) is 2.41. The quantitative estimate of drug-likeness (QED) is 0.478. The molecule has 4 rings (SSSR count). The number of piperazine rings is 1. The molecule has 178 valence electrons. The third kappa shape index (κ3) is 6.42. The van der Waals surface area contributed by atoms with E-state index in [9.17, 15) is 13.2 Å². The van der Waals surface area contributed by atoms with Crippen molar-refractivity contribution in [3.8, 4) is 11.1 Å². The number of sulfonamides is 1. The molecule has 1 amide bonds. The first kappa shape index (κ1) is 23.9. The van der Waals surface area contributed by atoms with Gasteiger partial charge in [0.15, 0.2) is 0 Å². The summed E-state index contributed by atoms with van der Waals surface area (Å²) in [6, 6.07) is 23.8. The fourth-order valence-electron chi connectivity index (χ4n) is 4.04. The second kappa shape index (κ2) is 11.3. The summed E-state index contributed by atoms with van der Waals surface area (Å²) in [6.45, 7) is 2.48. The lowest BCUT2D eigenvalue weighted by Crippen LogP contribution is -2.49. The highest BCUT2D eigenvalue weighted by molar-refractivity contribution is 7.89. The van der Waals surface area contributed by atoms with Gasteiger partial charge in [0.2, 0.25) is 15.9 Å². The van der Waals surface area contributed by atoms with E-state index in [0.717, 1.165) is 22.5 Å². The maximum absolute atomic E-state index is 12.7. The molecule has 2 aromatic carbocycles. The number of rotatable bonds is 9. The minimum absolute atomic E-state index is 0.0304. The first-order valence-corrected chi connectivity index (χ1v) is 13.2. The number of aromatic nitrogens is 1. The molecular formula is C26H30N4O3S. The number of benzene rings is 2. The summed E-state index contributed by atoms with van der Waals surface area (Å²) < 4.78 is 26.9. The highest BCUT2D eigenvalue weighted by Crippen LogP contribution is 2.19. The Morgan fingerprint density at radius 2 is 1.53 bits per heavy atom. The van der Waals surface area contributed by atoms with Crippen LogP contribution in [-0.2, 0) is 21.2 Å². The van der Waals surface area contributed by atoms with Crippen molar-refractivity contribution in [2.75, 3.05) is 43.4 Å². The van der Waals surface area contributed by atoms with Gasteiger partial charge in [-0.1, -0.05) is 60.7 Å². The highest BCUT2D eigenvalue weighted by Gasteiger charge is 2.26. The fourth-order valence-corrected chi connectivity index (χ4v) is 5.53. The van der Waals surface area contributed by atoms with E-state index in [0.29, 0.717) is 39.1 Å². The Bertz CT molecular complexity index is 1160. The van der Waals surface area contributed by atoms with Crippen LogP contribution in [0.1, 0.15) is 12.0 Å². The molecule has 0 aliphatic carbocycles. The average Bonchev–Trinajstić information content (AvgIpc) is 2.88. The van der Waals surface area contributed by atoms with E-state index >= 15 is 0 Å². The van der Waals surface area contributed by atoms with Gasteiger partial charge in [-0.2, -0.15) is 4.31 Å². The number of nitrogens with one attached hydrogen (secondary N) is 1. The van der Waals surface area contributed by atoms with E-state index in [-0.39, 0.29) is 18.1 Å². The molecule has 1 saturated heterocycles. The zero-order valence-corrected chi connectivity index (χ0v) is 20.0. The van der Waals surface area contributed by atoms with E-state index in [1.165, 1.54) is 0 Å². The van der Waals surface area contributed by atoms with Crippen molar-refractivity contribution in [1.82, 2.24) is 14.6 Å². The Morgan fingerprint density at radius 1 is 0.853 bits per heavy atom. The monoisotopic (exact) mass is 478 g/mol. The Morgan fingerprint density at radius 3 is 2.21 bits per heavy atom. The van der Waals surface area contributed by atoms with Gasteiger partial charge in [0.25, 0.3) is 0 Å². The minimum atomic E-state index is -3.34. The van der Waals surface area contributed by atoms with Crippen LogP contribution in [-0.4, -0.2) is 62.1 Å². The Kier molecular flexibility index (Phi) is 7.92. The fraction of sp³-hybridized carbons (Fsp3) is 0.308. The standard InChI is InChI=1S/C26H30N4O3S/c31-26(21-22-10-12-24(13-11-22)23-7-2-1-3-8-23)28-15-6-20-34(32,33)30-18-16-29(17-19-30)25-9-4-5-14-27-25/h1-5,7-14H,6,15-21H2,(H,28,31). The molecule has 0 bridgehead atoms. The molecule has 7 nitrogen and oxygen atoms in total. The number of pyridine rings is 1. The molecule has 8 heteroatoms. The van der Waals surface area contributed by atoms with Crippen LogP contribution in [0.15, 0.2) is 79.0 Å². The maximum Gasteiger partial charge on any atom is 0.224 e. The second-order valence-corrected chi connectivity index (χ2v) is 10.4. The maximum atomic E-state index is 12.7. The molecule has 0 atom stereocenters. The molecule has 0 unspecified atom stereocenters. The largest absolute Gasteiger partial charge is 0.356 e. The highest BCUT2D eigenvalue weighted by atomic mass is 32.2. The van der Waals surface area contributed by atoms with E-state index in [1.54, 1.807) is 10.5 Å². The summed E-state index contributed by atoms with van der Waals surface area (Å²) in [7, 11) is -3.34. The van der Waals surface area contributed by atoms with Gasteiger partial charge in [-0.05, 0) is 35.2 Å². The number of nitrogens with zero attached hydrogens (tertiary/aromatic N) is 3. The molecule has 0 saturated carbocycles. The van der Waals surface area contributed by atoms with Crippen LogP contribution < -0.4 is 10.2 Å². The predicted octanol–water partition coefficient (Wildman–Crippen LogP) is 2.95. The molecule has 1 aromatic heterocycles. The van der Waals surface area contributed by atoms with Crippen molar-refractivity contribution in [3.05, 3.63) is 84.6 Å². The number of amides is 1. The lowest BCUT2D eigenvalue weighted by Gasteiger charge is -2.34. The number of anilines is 1. The average molecular weight is 479 g/mol. The van der Waals surface area contributed by atoms with Crippen LogP contribution in [0.25, 0.3) is 11.1 Å². The van der Waals surface area contributed by atoms with Gasteiger partial charge in [-0.3, -0.25) is 4.79 Å². The molecule has 34 heavy (non-hydrogen) atoms. The Hall–Kier alpha value is -3.23. The molecule has 1 aliphatic rings. The van der Waals surface area contributed by atoms with Crippen molar-refractivity contribution >= 4 is 21.7 Å². The first-order valence-electron chi connectivity index (χ1n) is 11.6. The van der Waals surface area contributed by atoms with Gasteiger partial charge < -0.3 is 10.2 Å². The van der Waals surface area contributed by atoms with E-state index in [4.69, 9.17) is 0 Å². The van der Waals surface area contributed by atoms with Gasteiger partial charge in [0, 0.05) is 38.9 Å². The Balaban J connectivity index is 1.17. The molecule has 0 radical (unpaired) electrons. The molecule has 1 N–H and O–H groups in total. The van der Waals surface area contributed by atoms with Crippen LogP contribution in [0.5, 0.6) is 0 Å². The SMILES string of the molecule is O=C(Cc1ccc(-c2ccccc2)cc1)NCCCS(=O)(=O)N1CCN(c2ccccn2)CC1. The summed E-state index contributed by atoms with van der Waals surface area (Å²) in [5.74, 6) is 0.800. The van der Waals surface area contributed by atoms with Crippen LogP contribution in [0.2, 0.25) is 0 Å². The van der Waals surface area contributed by atoms with E-state index in [1.807, 2.05) is 60.7 Å². The van der Waals surface area contributed by atoms with E-state index in [2.05, 4.69) is 27.3 Å². The van der Waals surface area contributed by atoms with Crippen molar-refractivity contribution < 1.29 is 13.2 Å². The number of carbonyl (C=O) groups excluding carboxylic acids is 1. The predicted molar refractivity (Wildman–Crippen MR) is 135 cm³/mol. The molecule has 2 heterocycles. The number of carbonyl (C=O) groups is 1. The van der Waals surface area contributed by atoms with Crippen LogP contribution in [0.3, 0.4) is 0 Å². The summed E-state index contributed by atoms with van der Waals surface area (Å²) in [4.78, 5) is 18.7. The molecule has 1 aliphatic heterocycles. The third-order valence-corrected chi connectivity index (χ3v) is 7.89. The molecule has 1 fully saturated rings. The van der Waals surface area contributed by atoms with Crippen molar-refractivity contribution in [1.29, 1.82) is 0 Å². The molecule has 3 aromatic rings. The molecule has 0 spiro atoms. The zero-order chi connectivity index (χ0) is 23.8. The zero-order valence-electron chi connectivity index (χ0n) is 19.1. The summed E-state index contributed by atoms with van der Waals surface area (Å²) >= 11 is 0. The second-order valence-electron chi connectivity index (χ2n) is 8.33. The van der Waals surface area contributed by atoms with E-state index < -0.39 is 10.0 Å². The lowest BCUT2D eigenvalue weighted by molar-refractivity contribution is -0.120. The number of hydrogen-bond donors (Lipinski definition) is 1. The first-order chi connectivity index (χ1) is 16.5. The van der Waals surface area contributed by atoms with Crippen molar-refractivity contribution in [2.45, 2.75) is 12.8 Å². The van der Waals surface area contributed by atoms with Crippen LogP contribution >= 0.6 is 0 Å².